The first-order valence-corrected chi connectivity index (χ1v) is 8.04. The molecule has 0 saturated carbocycles. The summed E-state index contributed by atoms with van der Waals surface area (Å²) in [7, 11) is -4.07. The Morgan fingerprint density at radius 1 is 1.35 bits per heavy atom. The van der Waals surface area contributed by atoms with Crippen LogP contribution in [0.25, 0.3) is 0 Å². The van der Waals surface area contributed by atoms with Crippen molar-refractivity contribution < 1.29 is 17.6 Å². The summed E-state index contributed by atoms with van der Waals surface area (Å²) in [5.74, 6) is -1.52. The summed E-state index contributed by atoms with van der Waals surface area (Å²) in [5.41, 5.74) is 0.449. The first-order chi connectivity index (χ1) is 10.9. The number of anilines is 1. The molecule has 1 aromatic heterocycles. The Labute approximate surface area is 133 Å². The number of halogens is 1. The van der Waals surface area contributed by atoms with Crippen LogP contribution in [0.1, 0.15) is 10.4 Å². The lowest BCUT2D eigenvalue weighted by Gasteiger charge is -2.09. The molecule has 0 fully saturated rings. The van der Waals surface area contributed by atoms with Gasteiger partial charge in [0.25, 0.3) is 5.91 Å². The highest BCUT2D eigenvalue weighted by atomic mass is 32.2. The van der Waals surface area contributed by atoms with E-state index >= 15 is 0 Å². The third-order valence-corrected chi connectivity index (χ3v) is 4.26. The smallest absolute Gasteiger partial charge is 0.255 e. The van der Waals surface area contributed by atoms with Gasteiger partial charge < -0.3 is 5.32 Å². The van der Waals surface area contributed by atoms with Gasteiger partial charge in [-0.25, -0.2) is 17.5 Å². The number of nitrogens with one attached hydrogen (secondary N) is 2. The first kappa shape index (κ1) is 16.8. The molecule has 6 nitrogen and oxygen atoms in total. The molecule has 0 bridgehead atoms. The Morgan fingerprint density at radius 2 is 2.13 bits per heavy atom. The molecular formula is C15H14FN3O3S. The molecule has 120 valence electrons. The number of pyridine rings is 1. The number of carbonyl (C=O) groups is 1. The Hall–Kier alpha value is -2.58. The Bertz CT molecular complexity index is 823. The normalized spacial score (nSPS) is 11.0. The Kier molecular flexibility index (Phi) is 5.20. The van der Waals surface area contributed by atoms with Gasteiger partial charge in [-0.2, -0.15) is 0 Å². The summed E-state index contributed by atoms with van der Waals surface area (Å²) in [6.45, 7) is 3.33. The van der Waals surface area contributed by atoms with Gasteiger partial charge in [0.15, 0.2) is 0 Å². The van der Waals surface area contributed by atoms with Gasteiger partial charge in [-0.15, -0.1) is 6.58 Å². The number of carbonyl (C=O) groups excluding carboxylic acids is 1. The molecule has 2 N–H and O–H groups in total. The molecule has 1 amide bonds. The highest BCUT2D eigenvalue weighted by Crippen LogP contribution is 2.17. The lowest BCUT2D eigenvalue weighted by Crippen LogP contribution is -2.25. The van der Waals surface area contributed by atoms with Crippen LogP contribution in [0, 0.1) is 5.82 Å². The van der Waals surface area contributed by atoms with Crippen LogP contribution < -0.4 is 10.0 Å². The maximum Gasteiger partial charge on any atom is 0.255 e. The number of aromatic nitrogens is 1. The van der Waals surface area contributed by atoms with E-state index in [0.29, 0.717) is 5.69 Å². The number of nitrogens with zero attached hydrogens (tertiary/aromatic N) is 1. The maximum absolute atomic E-state index is 13.8. The fourth-order valence-electron chi connectivity index (χ4n) is 1.74. The molecule has 0 unspecified atom stereocenters. The van der Waals surface area contributed by atoms with Crippen molar-refractivity contribution in [2.24, 2.45) is 0 Å². The van der Waals surface area contributed by atoms with Crippen molar-refractivity contribution in [1.29, 1.82) is 0 Å². The number of rotatable bonds is 6. The zero-order valence-electron chi connectivity index (χ0n) is 12.0. The van der Waals surface area contributed by atoms with E-state index in [0.717, 1.165) is 12.1 Å². The van der Waals surface area contributed by atoms with Crippen molar-refractivity contribution in [3.63, 3.8) is 0 Å². The van der Waals surface area contributed by atoms with E-state index in [1.54, 1.807) is 18.3 Å². The minimum atomic E-state index is -4.07. The zero-order chi connectivity index (χ0) is 16.9. The van der Waals surface area contributed by atoms with E-state index in [4.69, 9.17) is 0 Å². The minimum absolute atomic E-state index is 0.00855. The third kappa shape index (κ3) is 4.21. The summed E-state index contributed by atoms with van der Waals surface area (Å²) in [6, 6.07) is 6.37. The van der Waals surface area contributed by atoms with Crippen molar-refractivity contribution in [3.8, 4) is 0 Å². The molecule has 0 aliphatic rings. The SMILES string of the molecule is C=CCNS(=O)(=O)c1cc(C(=O)Nc2cccnc2)ccc1F. The van der Waals surface area contributed by atoms with Crippen molar-refractivity contribution in [2.75, 3.05) is 11.9 Å². The number of benzene rings is 1. The minimum Gasteiger partial charge on any atom is -0.321 e. The lowest BCUT2D eigenvalue weighted by atomic mass is 10.2. The number of sulfonamides is 1. The van der Waals surface area contributed by atoms with E-state index in [-0.39, 0.29) is 12.1 Å². The predicted octanol–water partition coefficient (Wildman–Crippen LogP) is 1.94. The van der Waals surface area contributed by atoms with Crippen LogP contribution in [0.15, 0.2) is 60.3 Å². The molecule has 0 atom stereocenters. The van der Waals surface area contributed by atoms with Crippen molar-refractivity contribution in [2.45, 2.75) is 4.90 Å². The van der Waals surface area contributed by atoms with Gasteiger partial charge in [0.1, 0.15) is 10.7 Å². The molecular weight excluding hydrogens is 321 g/mol. The summed E-state index contributed by atoms with van der Waals surface area (Å²) in [4.78, 5) is 15.4. The molecule has 2 aromatic rings. The average molecular weight is 335 g/mol. The van der Waals surface area contributed by atoms with E-state index in [1.165, 1.54) is 18.3 Å². The van der Waals surface area contributed by atoms with Crippen molar-refractivity contribution in [3.05, 3.63) is 66.8 Å². The quantitative estimate of drug-likeness (QED) is 0.790. The molecule has 2 rings (SSSR count). The lowest BCUT2D eigenvalue weighted by molar-refractivity contribution is 0.102. The second-order valence-electron chi connectivity index (χ2n) is 4.48. The highest BCUT2D eigenvalue weighted by Gasteiger charge is 2.20. The predicted molar refractivity (Wildman–Crippen MR) is 84.0 cm³/mol. The van der Waals surface area contributed by atoms with Gasteiger partial charge in [-0.1, -0.05) is 6.08 Å². The Balaban J connectivity index is 2.29. The van der Waals surface area contributed by atoms with E-state index in [9.17, 15) is 17.6 Å². The second kappa shape index (κ2) is 7.12. The van der Waals surface area contributed by atoms with Gasteiger partial charge >= 0.3 is 0 Å². The van der Waals surface area contributed by atoms with Crippen LogP contribution in [0.2, 0.25) is 0 Å². The number of amides is 1. The number of hydrogen-bond acceptors (Lipinski definition) is 4. The van der Waals surface area contributed by atoms with Crippen LogP contribution in [-0.2, 0) is 10.0 Å². The summed E-state index contributed by atoms with van der Waals surface area (Å²) in [5, 5.41) is 2.54. The third-order valence-electron chi connectivity index (χ3n) is 2.82. The Morgan fingerprint density at radius 3 is 2.78 bits per heavy atom. The van der Waals surface area contributed by atoms with Crippen LogP contribution in [0.3, 0.4) is 0 Å². The molecule has 1 heterocycles. The molecule has 0 aliphatic carbocycles. The largest absolute Gasteiger partial charge is 0.321 e. The van der Waals surface area contributed by atoms with Gasteiger partial charge in [-0.05, 0) is 30.3 Å². The standard InChI is InChI=1S/C15H14FN3O3S/c1-2-7-18-23(21,22)14-9-11(5-6-13(14)16)15(20)19-12-4-3-8-17-10-12/h2-6,8-10,18H,1,7H2,(H,19,20). The first-order valence-electron chi connectivity index (χ1n) is 6.55. The molecule has 0 spiro atoms. The van der Waals surface area contributed by atoms with Crippen LogP contribution >= 0.6 is 0 Å². The molecule has 1 aromatic carbocycles. The molecule has 23 heavy (non-hydrogen) atoms. The monoisotopic (exact) mass is 335 g/mol. The topological polar surface area (TPSA) is 88.2 Å². The van der Waals surface area contributed by atoms with Gasteiger partial charge in [0.2, 0.25) is 10.0 Å². The van der Waals surface area contributed by atoms with Crippen molar-refractivity contribution in [1.82, 2.24) is 9.71 Å². The summed E-state index contributed by atoms with van der Waals surface area (Å²) < 4.78 is 40.0. The fraction of sp³-hybridized carbons (Fsp3) is 0.0667. The van der Waals surface area contributed by atoms with Gasteiger partial charge in [-0.3, -0.25) is 9.78 Å². The highest BCUT2D eigenvalue weighted by molar-refractivity contribution is 7.89. The average Bonchev–Trinajstić information content (AvgIpc) is 2.54. The van der Waals surface area contributed by atoms with E-state index < -0.39 is 26.6 Å². The molecule has 0 aliphatic heterocycles. The van der Waals surface area contributed by atoms with E-state index in [1.807, 2.05) is 0 Å². The zero-order valence-corrected chi connectivity index (χ0v) is 12.8. The molecule has 0 radical (unpaired) electrons. The van der Waals surface area contributed by atoms with Gasteiger partial charge in [0, 0.05) is 18.3 Å². The fourth-order valence-corrected chi connectivity index (χ4v) is 2.84. The maximum atomic E-state index is 13.8. The number of hydrogen-bond donors (Lipinski definition) is 2. The van der Waals surface area contributed by atoms with Crippen LogP contribution in [0.4, 0.5) is 10.1 Å². The second-order valence-corrected chi connectivity index (χ2v) is 6.22. The molecule has 8 heteroatoms. The van der Waals surface area contributed by atoms with Crippen molar-refractivity contribution >= 4 is 21.6 Å². The van der Waals surface area contributed by atoms with Crippen LogP contribution in [0.5, 0.6) is 0 Å². The molecule has 0 saturated heterocycles. The summed E-state index contributed by atoms with van der Waals surface area (Å²) >= 11 is 0. The summed E-state index contributed by atoms with van der Waals surface area (Å²) in [6.07, 6.45) is 4.31. The van der Waals surface area contributed by atoms with Crippen LogP contribution in [-0.4, -0.2) is 25.9 Å². The van der Waals surface area contributed by atoms with E-state index in [2.05, 4.69) is 21.6 Å². The van der Waals surface area contributed by atoms with Gasteiger partial charge in [0.05, 0.1) is 11.9 Å².